The molecule has 2 atom stereocenters. The Morgan fingerprint density at radius 3 is 1.19 bits per heavy atom. The molecule has 0 aromatic heterocycles. The molecule has 0 radical (unpaired) electrons. The summed E-state index contributed by atoms with van der Waals surface area (Å²) >= 11 is 0. The van der Waals surface area contributed by atoms with Crippen molar-refractivity contribution in [1.29, 1.82) is 0 Å². The van der Waals surface area contributed by atoms with E-state index in [2.05, 4.69) is 0 Å². The highest BCUT2D eigenvalue weighted by Crippen LogP contribution is 2.48. The summed E-state index contributed by atoms with van der Waals surface area (Å²) in [7, 11) is 0. The first kappa shape index (κ1) is 65.8. The molecule has 2 N–H and O–H groups in total. The number of aryl methyl sites for hydroxylation is 5. The molecule has 0 saturated carbocycles. The zero-order chi connectivity index (χ0) is 60.3. The fraction of sp³-hybridized carbons (Fsp3) is 0.567. The first-order valence-corrected chi connectivity index (χ1v) is 26.4. The van der Waals surface area contributed by atoms with Gasteiger partial charge in [-0.3, -0.25) is 0 Å². The molecule has 8 nitrogen and oxygen atoms in total. The van der Waals surface area contributed by atoms with Crippen LogP contribution in [-0.4, -0.2) is 96.3 Å². The van der Waals surface area contributed by atoms with Gasteiger partial charge in [-0.1, -0.05) is 88.2 Å². The van der Waals surface area contributed by atoms with E-state index < -0.39 is 71.2 Å². The minimum Gasteiger partial charge on any atom is -0.491 e. The topological polar surface area (TPSA) is 95.8 Å². The van der Waals surface area contributed by atoms with Crippen molar-refractivity contribution in [3.63, 3.8) is 0 Å². The Labute approximate surface area is 460 Å². The molecule has 20 heteroatoms. The lowest BCUT2D eigenvalue weighted by atomic mass is 9.69. The van der Waals surface area contributed by atoms with Gasteiger partial charge in [0.1, 0.15) is 36.9 Å². The molecule has 2 aliphatic heterocycles. The van der Waals surface area contributed by atoms with E-state index in [1.54, 1.807) is 38.1 Å². The lowest BCUT2D eigenvalue weighted by Crippen LogP contribution is -2.57. The van der Waals surface area contributed by atoms with E-state index in [1.807, 2.05) is 118 Å². The molecule has 0 unspecified atom stereocenters. The third-order valence-electron chi connectivity index (χ3n) is 15.4. The van der Waals surface area contributed by atoms with Gasteiger partial charge < -0.3 is 38.6 Å². The van der Waals surface area contributed by atoms with E-state index >= 15 is 0 Å². The van der Waals surface area contributed by atoms with Crippen molar-refractivity contribution in [1.82, 2.24) is 0 Å². The van der Waals surface area contributed by atoms with Gasteiger partial charge in [-0.15, -0.1) is 0 Å². The number of hydrogen-bond donors (Lipinski definition) is 2. The minimum atomic E-state index is -6.01. The van der Waals surface area contributed by atoms with Crippen molar-refractivity contribution in [3.8, 4) is 23.3 Å². The highest BCUT2D eigenvalue weighted by Gasteiger charge is 2.71. The highest BCUT2D eigenvalue weighted by atomic mass is 19.4. The van der Waals surface area contributed by atoms with Crippen LogP contribution in [0.15, 0.2) is 72.8 Å². The van der Waals surface area contributed by atoms with Crippen molar-refractivity contribution in [2.24, 2.45) is 0 Å². The van der Waals surface area contributed by atoms with Crippen LogP contribution in [0.2, 0.25) is 0 Å². The number of benzene rings is 4. The van der Waals surface area contributed by atoms with Crippen molar-refractivity contribution in [2.75, 3.05) is 26.4 Å². The molecule has 0 spiro atoms. The maximum Gasteiger partial charge on any atom is 0.438 e. The maximum atomic E-state index is 13.1. The van der Waals surface area contributed by atoms with Gasteiger partial charge in [0.15, 0.2) is 11.6 Å². The number of ether oxygens (including phenoxy) is 6. The lowest BCUT2D eigenvalue weighted by Gasteiger charge is -2.35. The van der Waals surface area contributed by atoms with Gasteiger partial charge >= 0.3 is 30.3 Å². The standard InChI is InChI=1S/C30H38F6O4.C30H34F6O4/c2*1-7-27(8-2,23-11-12-25(20(4)16-23)38-17-24-18-39-26(5,6)40-24)22-10-9-21(19(3)15-22)13-14-28(37,29(31,32)33)30(34,35)36/h9-12,15-16,24,37H,7-8,13-14,17-18H2,1-6H3;9-12,15-16,24,37H,7-8,17-18H2,1-6H3/t2*24-/m11/s1. The minimum absolute atomic E-state index is 0.0435. The molecule has 2 aliphatic rings. The van der Waals surface area contributed by atoms with Crippen LogP contribution in [0.1, 0.15) is 143 Å². The second kappa shape index (κ2) is 24.4. The quantitative estimate of drug-likeness (QED) is 0.0797. The van der Waals surface area contributed by atoms with E-state index in [-0.39, 0.29) is 17.8 Å². The number of alkyl halides is 12. The fourth-order valence-corrected chi connectivity index (χ4v) is 10.3. The van der Waals surface area contributed by atoms with Gasteiger partial charge in [-0.05, 0) is 168 Å². The molecule has 2 heterocycles. The molecular formula is C60H72F12O8. The van der Waals surface area contributed by atoms with Crippen molar-refractivity contribution in [2.45, 2.75) is 192 Å². The Bertz CT molecular complexity index is 2790. The fourth-order valence-electron chi connectivity index (χ4n) is 10.3. The molecule has 444 valence electrons. The van der Waals surface area contributed by atoms with Crippen LogP contribution in [-0.2, 0) is 36.2 Å². The van der Waals surface area contributed by atoms with Crippen LogP contribution in [0.3, 0.4) is 0 Å². The Kier molecular flexibility index (Phi) is 20.1. The smallest absolute Gasteiger partial charge is 0.438 e. The summed E-state index contributed by atoms with van der Waals surface area (Å²) in [4.78, 5) is 0. The molecule has 4 aromatic rings. The lowest BCUT2D eigenvalue weighted by molar-refractivity contribution is -0.369. The Hall–Kier alpha value is -5.04. The summed E-state index contributed by atoms with van der Waals surface area (Å²) in [5, 5.41) is 18.9. The molecule has 0 amide bonds. The summed E-state index contributed by atoms with van der Waals surface area (Å²) in [6, 6.07) is 21.7. The van der Waals surface area contributed by atoms with Gasteiger partial charge in [0.05, 0.1) is 13.2 Å². The average molecular weight is 1150 g/mol. The first-order valence-electron chi connectivity index (χ1n) is 26.4. The van der Waals surface area contributed by atoms with Gasteiger partial charge in [-0.2, -0.15) is 52.7 Å². The molecular weight excluding hydrogens is 1080 g/mol. The van der Waals surface area contributed by atoms with Crippen LogP contribution >= 0.6 is 0 Å². The van der Waals surface area contributed by atoms with Crippen molar-refractivity contribution >= 4 is 0 Å². The molecule has 2 saturated heterocycles. The van der Waals surface area contributed by atoms with Gasteiger partial charge in [0, 0.05) is 16.4 Å². The monoisotopic (exact) mass is 1150 g/mol. The largest absolute Gasteiger partial charge is 0.491 e. The maximum absolute atomic E-state index is 13.1. The van der Waals surface area contributed by atoms with Crippen LogP contribution < -0.4 is 9.47 Å². The second-order valence-electron chi connectivity index (χ2n) is 21.5. The summed E-state index contributed by atoms with van der Waals surface area (Å²) < 4.78 is 192. The molecule has 4 aromatic carbocycles. The summed E-state index contributed by atoms with van der Waals surface area (Å²) in [5.74, 6) is 3.06. The van der Waals surface area contributed by atoms with Crippen LogP contribution in [0, 0.1) is 39.5 Å². The Morgan fingerprint density at radius 1 is 0.512 bits per heavy atom. The number of halogens is 12. The van der Waals surface area contributed by atoms with E-state index in [1.165, 1.54) is 6.07 Å². The van der Waals surface area contributed by atoms with E-state index in [9.17, 15) is 62.9 Å². The van der Waals surface area contributed by atoms with Crippen LogP contribution in [0.25, 0.3) is 0 Å². The molecule has 6 rings (SSSR count). The van der Waals surface area contributed by atoms with Gasteiger partial charge in [0.25, 0.3) is 5.60 Å². The highest BCUT2D eigenvalue weighted by molar-refractivity contribution is 5.51. The van der Waals surface area contributed by atoms with Gasteiger partial charge in [-0.25, -0.2) is 0 Å². The molecule has 2 fully saturated rings. The second-order valence-corrected chi connectivity index (χ2v) is 21.5. The average Bonchev–Trinajstić information content (AvgIpc) is 3.90. The number of rotatable bonds is 17. The van der Waals surface area contributed by atoms with E-state index in [4.69, 9.17) is 28.4 Å². The van der Waals surface area contributed by atoms with Crippen molar-refractivity contribution < 1.29 is 91.3 Å². The Balaban J connectivity index is 0.000000294. The molecule has 0 bridgehead atoms. The predicted molar refractivity (Wildman–Crippen MR) is 278 cm³/mol. The van der Waals surface area contributed by atoms with E-state index in [0.29, 0.717) is 80.3 Å². The SMILES string of the molecule is CCC(CC)(c1ccc(C#CC(O)(C(F)(F)F)C(F)(F)F)c(C)c1)c1ccc(OC[C@@H]2COC(C)(C)O2)c(C)c1.CCC(CC)(c1ccc(CCC(O)(C(F)(F)F)C(F)(F)F)c(C)c1)c1ccc(OC[C@@H]2COC(C)(C)O2)c(C)c1. The van der Waals surface area contributed by atoms with E-state index in [0.717, 1.165) is 39.3 Å². The summed E-state index contributed by atoms with van der Waals surface area (Å²) in [5.41, 5.74) is -3.98. The predicted octanol–water partition coefficient (Wildman–Crippen LogP) is 14.9. The molecule has 80 heavy (non-hydrogen) atoms. The van der Waals surface area contributed by atoms with Gasteiger partial charge in [0.2, 0.25) is 0 Å². The summed E-state index contributed by atoms with van der Waals surface area (Å²) in [6.45, 7) is 24.1. The third kappa shape index (κ3) is 14.2. The molecule has 0 aliphatic carbocycles. The zero-order valence-corrected chi connectivity index (χ0v) is 47.0. The Morgan fingerprint density at radius 2 is 0.875 bits per heavy atom. The number of hydrogen-bond acceptors (Lipinski definition) is 8. The summed E-state index contributed by atoms with van der Waals surface area (Å²) in [6.07, 6.45) is -23.3. The van der Waals surface area contributed by atoms with Crippen LogP contribution in [0.4, 0.5) is 52.7 Å². The zero-order valence-electron chi connectivity index (χ0n) is 47.0. The van der Waals surface area contributed by atoms with Crippen molar-refractivity contribution in [3.05, 3.63) is 128 Å². The first-order chi connectivity index (χ1) is 36.8. The van der Waals surface area contributed by atoms with Crippen LogP contribution in [0.5, 0.6) is 11.5 Å². The number of aliphatic hydroxyl groups is 2. The third-order valence-corrected chi connectivity index (χ3v) is 15.4. The normalized spacial score (nSPS) is 18.1.